The first kappa shape index (κ1) is 77.1. The van der Waals surface area contributed by atoms with E-state index < -0.39 is 97.5 Å². The smallest absolute Gasteiger partial charge is 0.462 e. The molecule has 0 heterocycles. The van der Waals surface area contributed by atoms with Crippen LogP contribution in [0.15, 0.2) is 0 Å². The molecule has 0 saturated heterocycles. The summed E-state index contributed by atoms with van der Waals surface area (Å²) in [4.78, 5) is 71.6. The minimum absolute atomic E-state index is 0.102. The lowest BCUT2D eigenvalue weighted by molar-refractivity contribution is -0.161. The molecule has 0 radical (unpaired) electrons. The molecule has 0 rings (SSSR count). The molecule has 3 N–H and O–H groups in total. The molecule has 0 aromatic heterocycles. The number of rotatable bonds is 59. The number of hydrogen-bond donors (Lipinski definition) is 3. The fourth-order valence-corrected chi connectivity index (χ4v) is 10.4. The van der Waals surface area contributed by atoms with E-state index in [-0.39, 0.29) is 25.7 Å². The van der Waals surface area contributed by atoms with E-state index in [9.17, 15) is 43.2 Å². The first-order valence-corrected chi connectivity index (χ1v) is 34.5. The Morgan fingerprint density at radius 2 is 0.582 bits per heavy atom. The van der Waals surface area contributed by atoms with Crippen LogP contribution in [-0.4, -0.2) is 96.7 Å². The number of unbranched alkanes of at least 4 members (excludes halogenated alkanes) is 29. The van der Waals surface area contributed by atoms with Gasteiger partial charge in [-0.05, 0) is 37.5 Å². The highest BCUT2D eigenvalue weighted by molar-refractivity contribution is 7.47. The Hall–Kier alpha value is -1.94. The van der Waals surface area contributed by atoms with Crippen LogP contribution in [0.1, 0.15) is 292 Å². The highest BCUT2D eigenvalue weighted by atomic mass is 31.2. The highest BCUT2D eigenvalue weighted by Crippen LogP contribution is 2.45. The van der Waals surface area contributed by atoms with Crippen molar-refractivity contribution in [3.8, 4) is 0 Å². The minimum atomic E-state index is -4.94. The molecule has 0 bridgehead atoms. The predicted octanol–water partition coefficient (Wildman–Crippen LogP) is 16.1. The van der Waals surface area contributed by atoms with Crippen LogP contribution in [-0.2, 0) is 65.4 Å². The monoisotopic (exact) mass is 1170 g/mol. The number of hydrogen-bond acceptors (Lipinski definition) is 15. The van der Waals surface area contributed by atoms with Crippen molar-refractivity contribution >= 4 is 39.5 Å². The van der Waals surface area contributed by atoms with Crippen molar-refractivity contribution in [2.24, 2.45) is 11.8 Å². The summed E-state index contributed by atoms with van der Waals surface area (Å²) < 4.78 is 67.5. The van der Waals surface area contributed by atoms with E-state index >= 15 is 0 Å². The van der Waals surface area contributed by atoms with Gasteiger partial charge in [-0.2, -0.15) is 0 Å². The van der Waals surface area contributed by atoms with Gasteiger partial charge in [-0.25, -0.2) is 9.13 Å². The van der Waals surface area contributed by atoms with Gasteiger partial charge in [-0.3, -0.25) is 37.3 Å². The molecule has 19 heteroatoms. The Labute approximate surface area is 479 Å². The van der Waals surface area contributed by atoms with Crippen molar-refractivity contribution in [1.29, 1.82) is 0 Å². The summed E-state index contributed by atoms with van der Waals surface area (Å²) in [5.41, 5.74) is 0. The Kier molecular flexibility index (Phi) is 51.5. The quantitative estimate of drug-likeness (QED) is 0.0222. The molecule has 0 aromatic rings. The maximum absolute atomic E-state index is 12.9. The SMILES string of the molecule is CCCCCCCCCC(=O)O[C@H](COC(=O)CCCCCCC)COP(=O)(O)OC[C@H](O)COP(=O)(O)OC[C@@H](COC(=O)CCCCCCCCC(C)C)OC(=O)CCCCCCCCCCCCCCCCCC(C)C. The molecule has 0 aliphatic carbocycles. The van der Waals surface area contributed by atoms with Crippen LogP contribution in [0.3, 0.4) is 0 Å². The number of esters is 4. The molecule has 0 amide bonds. The number of carbonyl (C=O) groups is 4. The summed E-state index contributed by atoms with van der Waals surface area (Å²) in [7, 11) is -9.86. The molecule has 2 unspecified atom stereocenters. The van der Waals surface area contributed by atoms with E-state index in [1.54, 1.807) is 0 Å². The highest BCUT2D eigenvalue weighted by Gasteiger charge is 2.30. The summed E-state index contributed by atoms with van der Waals surface area (Å²) in [5.74, 6) is -0.675. The Morgan fingerprint density at radius 1 is 0.342 bits per heavy atom. The molecular formula is C60H116O17P2. The van der Waals surface area contributed by atoms with Crippen LogP contribution in [0.2, 0.25) is 0 Å². The Balaban J connectivity index is 5.09. The third kappa shape index (κ3) is 55.0. The Bertz CT molecular complexity index is 1560. The molecular weight excluding hydrogens is 1050 g/mol. The molecule has 79 heavy (non-hydrogen) atoms. The van der Waals surface area contributed by atoms with Gasteiger partial charge in [0.2, 0.25) is 0 Å². The number of aliphatic hydroxyl groups excluding tert-OH is 1. The largest absolute Gasteiger partial charge is 0.472 e. The van der Waals surface area contributed by atoms with Gasteiger partial charge in [0.05, 0.1) is 26.4 Å². The van der Waals surface area contributed by atoms with Gasteiger partial charge in [0, 0.05) is 25.7 Å². The Morgan fingerprint density at radius 3 is 0.861 bits per heavy atom. The number of phosphoric acid groups is 2. The first-order valence-electron chi connectivity index (χ1n) is 31.5. The van der Waals surface area contributed by atoms with Gasteiger partial charge in [-0.1, -0.05) is 241 Å². The first-order chi connectivity index (χ1) is 37.9. The molecule has 0 aliphatic rings. The minimum Gasteiger partial charge on any atom is -0.462 e. The summed E-state index contributed by atoms with van der Waals surface area (Å²) in [6, 6.07) is 0. The zero-order chi connectivity index (χ0) is 58.7. The predicted molar refractivity (Wildman–Crippen MR) is 312 cm³/mol. The molecule has 0 aliphatic heterocycles. The van der Waals surface area contributed by atoms with Crippen molar-refractivity contribution in [3.63, 3.8) is 0 Å². The maximum Gasteiger partial charge on any atom is 0.472 e. The molecule has 0 saturated carbocycles. The van der Waals surface area contributed by atoms with Gasteiger partial charge < -0.3 is 33.8 Å². The second-order valence-electron chi connectivity index (χ2n) is 22.7. The van der Waals surface area contributed by atoms with Crippen LogP contribution in [0.25, 0.3) is 0 Å². The van der Waals surface area contributed by atoms with Crippen LogP contribution in [0.5, 0.6) is 0 Å². The summed E-state index contributed by atoms with van der Waals surface area (Å²) in [6.45, 7) is 9.27. The van der Waals surface area contributed by atoms with Gasteiger partial charge in [-0.15, -0.1) is 0 Å². The van der Waals surface area contributed by atoms with Crippen LogP contribution < -0.4 is 0 Å². The summed E-state index contributed by atoms with van der Waals surface area (Å²) in [6.07, 6.45) is 34.2. The van der Waals surface area contributed by atoms with Crippen molar-refractivity contribution in [2.75, 3.05) is 39.6 Å². The standard InChI is InChI=1S/C60H116O17P2/c1-7-9-11-13-23-32-38-44-59(64)76-55(48-70-57(62)42-36-28-12-10-8-2)50-74-78(66,67)72-46-54(61)47-73-79(68,69)75-51-56(49-71-58(63)43-37-31-27-26-30-35-41-53(5)6)77-60(65)45-39-33-25-22-20-18-16-14-15-17-19-21-24-29-34-40-52(3)4/h52-56,61H,7-51H2,1-6H3,(H,66,67)(H,68,69)/t54-,55+,56+/m0/s1. The van der Waals surface area contributed by atoms with Crippen molar-refractivity contribution in [3.05, 3.63) is 0 Å². The number of carbonyl (C=O) groups excluding carboxylic acids is 4. The van der Waals surface area contributed by atoms with Crippen LogP contribution >= 0.6 is 15.6 Å². The molecule has 0 spiro atoms. The van der Waals surface area contributed by atoms with Crippen molar-refractivity contribution in [1.82, 2.24) is 0 Å². The van der Waals surface area contributed by atoms with Crippen molar-refractivity contribution in [2.45, 2.75) is 310 Å². The van der Waals surface area contributed by atoms with E-state index in [4.69, 9.17) is 37.0 Å². The molecule has 468 valence electrons. The topological polar surface area (TPSA) is 237 Å². The number of phosphoric ester groups is 2. The van der Waals surface area contributed by atoms with Gasteiger partial charge in [0.25, 0.3) is 0 Å². The van der Waals surface area contributed by atoms with Crippen LogP contribution in [0.4, 0.5) is 0 Å². The molecule has 0 aromatic carbocycles. The number of ether oxygens (including phenoxy) is 4. The molecule has 0 fully saturated rings. The lowest BCUT2D eigenvalue weighted by atomic mass is 10.0. The van der Waals surface area contributed by atoms with E-state index in [2.05, 4.69) is 41.5 Å². The maximum atomic E-state index is 12.9. The van der Waals surface area contributed by atoms with E-state index in [1.807, 2.05) is 0 Å². The lowest BCUT2D eigenvalue weighted by Crippen LogP contribution is -2.30. The summed E-state index contributed by atoms with van der Waals surface area (Å²) in [5, 5.41) is 10.5. The fraction of sp³-hybridized carbons (Fsp3) is 0.933. The molecule has 5 atom stereocenters. The van der Waals surface area contributed by atoms with E-state index in [0.717, 1.165) is 121 Å². The molecule has 17 nitrogen and oxygen atoms in total. The zero-order valence-electron chi connectivity index (χ0n) is 50.7. The van der Waals surface area contributed by atoms with E-state index in [1.165, 1.54) is 83.5 Å². The average Bonchev–Trinajstić information content (AvgIpc) is 3.40. The zero-order valence-corrected chi connectivity index (χ0v) is 52.4. The second-order valence-corrected chi connectivity index (χ2v) is 25.6. The third-order valence-electron chi connectivity index (χ3n) is 13.7. The van der Waals surface area contributed by atoms with Gasteiger partial charge >= 0.3 is 39.5 Å². The van der Waals surface area contributed by atoms with Gasteiger partial charge in [0.15, 0.2) is 12.2 Å². The van der Waals surface area contributed by atoms with Gasteiger partial charge in [0.1, 0.15) is 19.3 Å². The van der Waals surface area contributed by atoms with Crippen molar-refractivity contribution < 1.29 is 80.2 Å². The normalized spacial score (nSPS) is 14.4. The summed E-state index contributed by atoms with van der Waals surface area (Å²) >= 11 is 0. The number of aliphatic hydroxyl groups is 1. The fourth-order valence-electron chi connectivity index (χ4n) is 8.82. The average molecular weight is 1170 g/mol. The lowest BCUT2D eigenvalue weighted by Gasteiger charge is -2.21. The third-order valence-corrected chi connectivity index (χ3v) is 15.6. The van der Waals surface area contributed by atoms with Crippen LogP contribution in [0, 0.1) is 11.8 Å². The second kappa shape index (κ2) is 52.8. The van der Waals surface area contributed by atoms with E-state index in [0.29, 0.717) is 31.6 Å².